The van der Waals surface area contributed by atoms with Gasteiger partial charge in [0, 0.05) is 17.3 Å². The van der Waals surface area contributed by atoms with Crippen molar-refractivity contribution in [2.24, 2.45) is 4.99 Å². The Hall–Kier alpha value is -2.77. The molecule has 2 aromatic rings. The zero-order chi connectivity index (χ0) is 22.9. The number of aliphatic imine (C=N–C) groups is 1. The molecule has 2 aromatic carbocycles. The molecule has 2 N–H and O–H groups in total. The van der Waals surface area contributed by atoms with Gasteiger partial charge >= 0.3 is 5.97 Å². The van der Waals surface area contributed by atoms with Crippen molar-refractivity contribution in [1.29, 1.82) is 0 Å². The molecule has 1 aliphatic heterocycles. The van der Waals surface area contributed by atoms with E-state index in [4.69, 9.17) is 21.3 Å². The highest BCUT2D eigenvalue weighted by atomic mass is 35.5. The number of para-hydroxylation sites is 2. The van der Waals surface area contributed by atoms with E-state index in [1.807, 2.05) is 55.5 Å². The van der Waals surface area contributed by atoms with Gasteiger partial charge in [-0.2, -0.15) is 0 Å². The topological polar surface area (TPSA) is 79.8 Å². The maximum Gasteiger partial charge on any atom is 0.311 e. The summed E-state index contributed by atoms with van der Waals surface area (Å²) in [5.74, 6) is -0.388. The van der Waals surface area contributed by atoms with Crippen LogP contribution in [0.4, 0.5) is 11.4 Å². The van der Waals surface area contributed by atoms with Gasteiger partial charge in [-0.25, -0.2) is 4.99 Å². The first-order chi connectivity index (χ1) is 15.4. The number of amides is 1. The van der Waals surface area contributed by atoms with Crippen molar-refractivity contribution in [3.05, 3.63) is 70.9 Å². The Bertz CT molecular complexity index is 1020. The number of carbonyl (C=O) groups excluding carboxylic acids is 2. The van der Waals surface area contributed by atoms with E-state index in [9.17, 15) is 9.59 Å². The van der Waals surface area contributed by atoms with Crippen LogP contribution >= 0.6 is 23.4 Å². The van der Waals surface area contributed by atoms with E-state index in [1.165, 1.54) is 11.8 Å². The molecule has 0 radical (unpaired) electrons. The zero-order valence-corrected chi connectivity index (χ0v) is 19.6. The molecule has 6 nitrogen and oxygen atoms in total. The van der Waals surface area contributed by atoms with Crippen molar-refractivity contribution < 1.29 is 14.3 Å². The summed E-state index contributed by atoms with van der Waals surface area (Å²) in [5, 5.41) is 7.22. The molecule has 1 unspecified atom stereocenters. The first-order valence-corrected chi connectivity index (χ1v) is 11.7. The smallest absolute Gasteiger partial charge is 0.311 e. The van der Waals surface area contributed by atoms with E-state index >= 15 is 0 Å². The maximum atomic E-state index is 12.6. The molecule has 0 bridgehead atoms. The monoisotopic (exact) mass is 471 g/mol. The van der Waals surface area contributed by atoms with Crippen molar-refractivity contribution in [1.82, 2.24) is 5.32 Å². The van der Waals surface area contributed by atoms with Crippen molar-refractivity contribution in [3.63, 3.8) is 0 Å². The third-order valence-corrected chi connectivity index (χ3v) is 5.93. The first-order valence-electron chi connectivity index (χ1n) is 10.4. The van der Waals surface area contributed by atoms with E-state index < -0.39 is 0 Å². The van der Waals surface area contributed by atoms with Crippen LogP contribution < -0.4 is 10.6 Å². The first kappa shape index (κ1) is 23.9. The molecule has 0 saturated carbocycles. The third kappa shape index (κ3) is 7.14. The number of anilines is 1. The van der Waals surface area contributed by atoms with Gasteiger partial charge in [0.05, 0.1) is 34.7 Å². The summed E-state index contributed by atoms with van der Waals surface area (Å²) in [6.07, 6.45) is 2.63. The summed E-state index contributed by atoms with van der Waals surface area (Å²) in [4.78, 5) is 29.3. The molecule has 1 atom stereocenters. The van der Waals surface area contributed by atoms with Crippen LogP contribution in [0.15, 0.2) is 65.3 Å². The van der Waals surface area contributed by atoms with Crippen LogP contribution in [0.25, 0.3) is 0 Å². The Kier molecular flexibility index (Phi) is 8.76. The Labute approximate surface area is 197 Å². The lowest BCUT2D eigenvalue weighted by Crippen LogP contribution is -2.33. The number of esters is 1. The van der Waals surface area contributed by atoms with Crippen molar-refractivity contribution >= 4 is 51.7 Å². The number of benzene rings is 2. The number of nitrogens with one attached hydrogen (secondary N) is 2. The second kappa shape index (κ2) is 11.7. The van der Waals surface area contributed by atoms with Crippen LogP contribution in [0.1, 0.15) is 25.8 Å². The Morgan fingerprint density at radius 3 is 2.69 bits per heavy atom. The lowest BCUT2D eigenvalue weighted by molar-refractivity contribution is -0.142. The molecule has 0 saturated heterocycles. The van der Waals surface area contributed by atoms with Gasteiger partial charge in [-0.3, -0.25) is 9.59 Å². The summed E-state index contributed by atoms with van der Waals surface area (Å²) >= 11 is 7.26. The van der Waals surface area contributed by atoms with Gasteiger partial charge in [-0.1, -0.05) is 47.6 Å². The van der Waals surface area contributed by atoms with Gasteiger partial charge in [-0.15, -0.1) is 0 Å². The fraction of sp³-hybridized carbons (Fsp3) is 0.292. The van der Waals surface area contributed by atoms with E-state index in [1.54, 1.807) is 13.0 Å². The van der Waals surface area contributed by atoms with Gasteiger partial charge in [0.1, 0.15) is 0 Å². The average molecular weight is 472 g/mol. The summed E-state index contributed by atoms with van der Waals surface area (Å²) in [7, 11) is 0. The third-order valence-electron chi connectivity index (χ3n) is 4.66. The molecule has 0 fully saturated rings. The molecule has 1 amide bonds. The van der Waals surface area contributed by atoms with Gasteiger partial charge in [0.25, 0.3) is 0 Å². The lowest BCUT2D eigenvalue weighted by Gasteiger charge is -2.12. The summed E-state index contributed by atoms with van der Waals surface area (Å²) in [6.45, 7) is 4.48. The van der Waals surface area contributed by atoms with Crippen molar-refractivity contribution in [2.75, 3.05) is 18.5 Å². The minimum absolute atomic E-state index is 0.0718. The fourth-order valence-corrected chi connectivity index (χ4v) is 4.11. The SMILES string of the molecule is CCOC(=O)CC1=CC(SC(C)C(=O)NCCc2ccc(Cl)cc2)=Nc2ccccc2N1. The predicted octanol–water partition coefficient (Wildman–Crippen LogP) is 5.11. The average Bonchev–Trinajstić information content (AvgIpc) is 2.93. The minimum Gasteiger partial charge on any atom is -0.466 e. The van der Waals surface area contributed by atoms with E-state index in [0.29, 0.717) is 28.9 Å². The lowest BCUT2D eigenvalue weighted by atomic mass is 10.1. The molecule has 1 heterocycles. The number of carbonyl (C=O) groups is 2. The Balaban J connectivity index is 1.64. The summed E-state index contributed by atoms with van der Waals surface area (Å²) in [6, 6.07) is 15.2. The molecular weight excluding hydrogens is 446 g/mol. The van der Waals surface area contributed by atoms with Crippen molar-refractivity contribution in [3.8, 4) is 0 Å². The number of hydrogen-bond donors (Lipinski definition) is 2. The molecule has 168 valence electrons. The van der Waals surface area contributed by atoms with Gasteiger partial charge in [0.15, 0.2) is 0 Å². The van der Waals surface area contributed by atoms with Crippen LogP contribution in [0.3, 0.4) is 0 Å². The second-order valence-electron chi connectivity index (χ2n) is 7.17. The molecule has 8 heteroatoms. The summed E-state index contributed by atoms with van der Waals surface area (Å²) in [5.41, 5.74) is 3.34. The number of halogens is 1. The number of ether oxygens (including phenoxy) is 1. The van der Waals surface area contributed by atoms with Gasteiger partial charge in [0.2, 0.25) is 5.91 Å². The highest BCUT2D eigenvalue weighted by Gasteiger charge is 2.19. The second-order valence-corrected chi connectivity index (χ2v) is 8.97. The predicted molar refractivity (Wildman–Crippen MR) is 132 cm³/mol. The van der Waals surface area contributed by atoms with Gasteiger partial charge < -0.3 is 15.4 Å². The van der Waals surface area contributed by atoms with E-state index in [2.05, 4.69) is 10.6 Å². The van der Waals surface area contributed by atoms with Crippen LogP contribution in [-0.4, -0.2) is 35.3 Å². The zero-order valence-electron chi connectivity index (χ0n) is 18.1. The molecule has 0 aromatic heterocycles. The molecule has 32 heavy (non-hydrogen) atoms. The fourth-order valence-electron chi connectivity index (χ4n) is 3.07. The molecule has 0 spiro atoms. The van der Waals surface area contributed by atoms with Gasteiger partial charge in [-0.05, 0) is 56.2 Å². The van der Waals surface area contributed by atoms with Crippen LogP contribution in [0, 0.1) is 0 Å². The molecule has 3 rings (SSSR count). The number of rotatable bonds is 8. The van der Waals surface area contributed by atoms with Crippen LogP contribution in [-0.2, 0) is 20.7 Å². The largest absolute Gasteiger partial charge is 0.466 e. The normalized spacial score (nSPS) is 13.6. The highest BCUT2D eigenvalue weighted by molar-refractivity contribution is 8.15. The highest BCUT2D eigenvalue weighted by Crippen LogP contribution is 2.32. The standard InChI is InChI=1S/C24H26ClN3O3S/c1-3-31-23(29)15-19-14-22(28-21-7-5-4-6-20(21)27-19)32-16(2)24(30)26-13-12-17-8-10-18(25)11-9-17/h4-11,14,16,27H,3,12-13,15H2,1-2H3,(H,26,30). The van der Waals surface area contributed by atoms with E-state index in [0.717, 1.165) is 23.4 Å². The summed E-state index contributed by atoms with van der Waals surface area (Å²) < 4.78 is 5.08. The van der Waals surface area contributed by atoms with Crippen LogP contribution in [0.2, 0.25) is 5.02 Å². The van der Waals surface area contributed by atoms with Crippen molar-refractivity contribution in [2.45, 2.75) is 31.9 Å². The Morgan fingerprint density at radius 1 is 1.19 bits per heavy atom. The van der Waals surface area contributed by atoms with Crippen LogP contribution in [0.5, 0.6) is 0 Å². The minimum atomic E-state index is -0.357. The molecule has 0 aliphatic carbocycles. The quantitative estimate of drug-likeness (QED) is 0.523. The number of nitrogens with zero attached hydrogens (tertiary/aromatic N) is 1. The number of hydrogen-bond acceptors (Lipinski definition) is 6. The molecular formula is C24H26ClN3O3S. The maximum absolute atomic E-state index is 12.6. The molecule has 1 aliphatic rings. The number of fused-ring (bicyclic) bond motifs is 1. The van der Waals surface area contributed by atoms with E-state index in [-0.39, 0.29) is 23.5 Å². The Morgan fingerprint density at radius 2 is 1.94 bits per heavy atom. The number of thioether (sulfide) groups is 1.